The highest BCUT2D eigenvalue weighted by Gasteiger charge is 2.36. The minimum absolute atomic E-state index is 0.0673. The second kappa shape index (κ2) is 6.41. The fourth-order valence-corrected chi connectivity index (χ4v) is 2.68. The van der Waals surface area contributed by atoms with Crippen molar-refractivity contribution in [3.63, 3.8) is 0 Å². The minimum atomic E-state index is -0.606. The van der Waals surface area contributed by atoms with Gasteiger partial charge in [-0.2, -0.15) is 0 Å². The van der Waals surface area contributed by atoms with Gasteiger partial charge in [0.25, 0.3) is 5.91 Å². The first-order valence-electron chi connectivity index (χ1n) is 7.70. The molecule has 23 heavy (non-hydrogen) atoms. The van der Waals surface area contributed by atoms with Crippen LogP contribution in [0.25, 0.3) is 0 Å². The summed E-state index contributed by atoms with van der Waals surface area (Å²) in [6.45, 7) is 3.89. The van der Waals surface area contributed by atoms with E-state index in [0.717, 1.165) is 0 Å². The van der Waals surface area contributed by atoms with Crippen molar-refractivity contribution >= 4 is 23.5 Å². The SMILES string of the molecule is CCC1Oc2ccc(N)nc2N(CC(=O)N2CCOCC2)C1=O. The van der Waals surface area contributed by atoms with Gasteiger partial charge in [-0.25, -0.2) is 4.98 Å². The molecule has 0 radical (unpaired) electrons. The molecule has 1 unspecified atom stereocenters. The van der Waals surface area contributed by atoms with E-state index in [4.69, 9.17) is 15.2 Å². The van der Waals surface area contributed by atoms with Crippen molar-refractivity contribution in [2.45, 2.75) is 19.4 Å². The molecule has 2 amide bonds. The number of anilines is 2. The molecular weight excluding hydrogens is 300 g/mol. The number of aromatic nitrogens is 1. The fourth-order valence-electron chi connectivity index (χ4n) is 2.68. The Kier molecular flexibility index (Phi) is 4.33. The number of carbonyl (C=O) groups is 2. The van der Waals surface area contributed by atoms with Crippen LogP contribution in [0.3, 0.4) is 0 Å². The van der Waals surface area contributed by atoms with E-state index in [1.165, 1.54) is 4.90 Å². The minimum Gasteiger partial charge on any atom is -0.477 e. The van der Waals surface area contributed by atoms with E-state index in [1.54, 1.807) is 17.0 Å². The number of rotatable bonds is 3. The Morgan fingerprint density at radius 1 is 1.39 bits per heavy atom. The van der Waals surface area contributed by atoms with Crippen molar-refractivity contribution in [1.82, 2.24) is 9.88 Å². The van der Waals surface area contributed by atoms with Crippen molar-refractivity contribution in [1.29, 1.82) is 0 Å². The van der Waals surface area contributed by atoms with Crippen LogP contribution in [0.2, 0.25) is 0 Å². The Bertz CT molecular complexity index is 615. The number of nitrogen functional groups attached to an aromatic ring is 1. The van der Waals surface area contributed by atoms with Gasteiger partial charge in [-0.05, 0) is 18.6 Å². The number of fused-ring (bicyclic) bond motifs is 1. The first-order chi connectivity index (χ1) is 11.1. The smallest absolute Gasteiger partial charge is 0.269 e. The molecule has 1 aromatic heterocycles. The molecule has 0 spiro atoms. The zero-order valence-corrected chi connectivity index (χ0v) is 13.0. The van der Waals surface area contributed by atoms with Gasteiger partial charge >= 0.3 is 0 Å². The molecule has 1 aromatic rings. The van der Waals surface area contributed by atoms with E-state index < -0.39 is 6.10 Å². The van der Waals surface area contributed by atoms with Crippen LogP contribution in [0, 0.1) is 0 Å². The van der Waals surface area contributed by atoms with Gasteiger partial charge in [-0.3, -0.25) is 14.5 Å². The van der Waals surface area contributed by atoms with Crippen molar-refractivity contribution in [2.75, 3.05) is 43.5 Å². The van der Waals surface area contributed by atoms with Crippen LogP contribution in [0.5, 0.6) is 5.75 Å². The van der Waals surface area contributed by atoms with Crippen LogP contribution in [0.4, 0.5) is 11.6 Å². The highest BCUT2D eigenvalue weighted by molar-refractivity contribution is 6.03. The second-order valence-electron chi connectivity index (χ2n) is 5.49. The van der Waals surface area contributed by atoms with Gasteiger partial charge in [0.15, 0.2) is 17.7 Å². The van der Waals surface area contributed by atoms with Crippen LogP contribution in [0.15, 0.2) is 12.1 Å². The summed E-state index contributed by atoms with van der Waals surface area (Å²) in [5, 5.41) is 0. The lowest BCUT2D eigenvalue weighted by atomic mass is 10.2. The average molecular weight is 320 g/mol. The Hall–Kier alpha value is -2.35. The van der Waals surface area contributed by atoms with Crippen LogP contribution < -0.4 is 15.4 Å². The predicted molar refractivity (Wildman–Crippen MR) is 83.1 cm³/mol. The van der Waals surface area contributed by atoms with Crippen molar-refractivity contribution < 1.29 is 19.1 Å². The summed E-state index contributed by atoms with van der Waals surface area (Å²) < 4.78 is 10.9. The summed E-state index contributed by atoms with van der Waals surface area (Å²) in [6, 6.07) is 3.29. The molecule has 2 aliphatic rings. The van der Waals surface area contributed by atoms with Crippen molar-refractivity contribution in [2.24, 2.45) is 0 Å². The van der Waals surface area contributed by atoms with Gasteiger partial charge in [-0.1, -0.05) is 6.92 Å². The number of hydrogen-bond donors (Lipinski definition) is 1. The third kappa shape index (κ3) is 3.07. The number of carbonyl (C=O) groups excluding carboxylic acids is 2. The highest BCUT2D eigenvalue weighted by Crippen LogP contribution is 2.33. The molecule has 8 heteroatoms. The second-order valence-corrected chi connectivity index (χ2v) is 5.49. The van der Waals surface area contributed by atoms with Crippen molar-refractivity contribution in [3.05, 3.63) is 12.1 Å². The number of pyridine rings is 1. The Morgan fingerprint density at radius 3 is 2.83 bits per heavy atom. The third-order valence-corrected chi connectivity index (χ3v) is 3.96. The van der Waals surface area contributed by atoms with Crippen LogP contribution in [-0.4, -0.2) is 60.7 Å². The van der Waals surface area contributed by atoms with E-state index in [2.05, 4.69) is 4.98 Å². The van der Waals surface area contributed by atoms with Crippen LogP contribution in [0.1, 0.15) is 13.3 Å². The first-order valence-corrected chi connectivity index (χ1v) is 7.70. The van der Waals surface area contributed by atoms with Gasteiger partial charge in [0.2, 0.25) is 5.91 Å². The lowest BCUT2D eigenvalue weighted by molar-refractivity contribution is -0.136. The van der Waals surface area contributed by atoms with E-state index in [-0.39, 0.29) is 24.2 Å². The summed E-state index contributed by atoms with van der Waals surface area (Å²) in [5.41, 5.74) is 5.71. The summed E-state index contributed by atoms with van der Waals surface area (Å²) in [6.07, 6.45) is -0.0874. The third-order valence-electron chi connectivity index (χ3n) is 3.96. The van der Waals surface area contributed by atoms with Crippen LogP contribution in [-0.2, 0) is 14.3 Å². The molecule has 2 N–H and O–H groups in total. The maximum absolute atomic E-state index is 12.6. The number of ether oxygens (including phenoxy) is 2. The van der Waals surface area contributed by atoms with Gasteiger partial charge in [-0.15, -0.1) is 0 Å². The zero-order chi connectivity index (χ0) is 16.4. The molecule has 3 heterocycles. The maximum atomic E-state index is 12.6. The van der Waals surface area contributed by atoms with Gasteiger partial charge in [0.1, 0.15) is 12.4 Å². The first kappa shape index (κ1) is 15.5. The number of morpholine rings is 1. The Morgan fingerprint density at radius 2 is 2.13 bits per heavy atom. The monoisotopic (exact) mass is 320 g/mol. The lowest BCUT2D eigenvalue weighted by Crippen LogP contribution is -2.52. The maximum Gasteiger partial charge on any atom is 0.269 e. The molecule has 0 aromatic carbocycles. The summed E-state index contributed by atoms with van der Waals surface area (Å²) >= 11 is 0. The van der Waals surface area contributed by atoms with E-state index in [0.29, 0.717) is 44.3 Å². The molecule has 124 valence electrons. The number of nitrogens with two attached hydrogens (primary N) is 1. The predicted octanol–water partition coefficient (Wildman–Crippen LogP) is 0.0266. The molecule has 3 rings (SSSR count). The molecule has 8 nitrogen and oxygen atoms in total. The normalized spacial score (nSPS) is 20.9. The lowest BCUT2D eigenvalue weighted by Gasteiger charge is -2.34. The topological polar surface area (TPSA) is 98.0 Å². The van der Waals surface area contributed by atoms with Gasteiger partial charge < -0.3 is 20.1 Å². The Labute approximate surface area is 134 Å². The van der Waals surface area contributed by atoms with Gasteiger partial charge in [0.05, 0.1) is 13.2 Å². The molecule has 2 aliphatic heterocycles. The summed E-state index contributed by atoms with van der Waals surface area (Å²) in [4.78, 5) is 32.3. The molecule has 1 fully saturated rings. The van der Waals surface area contributed by atoms with E-state index in [9.17, 15) is 9.59 Å². The van der Waals surface area contributed by atoms with E-state index in [1.807, 2.05) is 6.92 Å². The average Bonchev–Trinajstić information content (AvgIpc) is 2.58. The zero-order valence-electron chi connectivity index (χ0n) is 13.0. The fraction of sp³-hybridized carbons (Fsp3) is 0.533. The highest BCUT2D eigenvalue weighted by atomic mass is 16.5. The molecule has 0 aliphatic carbocycles. The molecule has 0 saturated carbocycles. The quantitative estimate of drug-likeness (QED) is 0.843. The Balaban J connectivity index is 1.85. The largest absolute Gasteiger partial charge is 0.477 e. The van der Waals surface area contributed by atoms with E-state index >= 15 is 0 Å². The molecule has 0 bridgehead atoms. The van der Waals surface area contributed by atoms with Gasteiger partial charge in [0, 0.05) is 13.1 Å². The number of nitrogens with zero attached hydrogens (tertiary/aromatic N) is 3. The number of hydrogen-bond acceptors (Lipinski definition) is 6. The standard InChI is InChI=1S/C15H20N4O4/c1-2-10-15(21)19(9-13(20)18-5-7-22-8-6-18)14-11(23-10)3-4-12(16)17-14/h3-4,10H,2,5-9H2,1H3,(H2,16,17). The summed E-state index contributed by atoms with van der Waals surface area (Å²) in [5.74, 6) is 0.661. The molecule has 1 atom stereocenters. The molecule has 1 saturated heterocycles. The number of amides is 2. The summed E-state index contributed by atoms with van der Waals surface area (Å²) in [7, 11) is 0. The van der Waals surface area contributed by atoms with Crippen molar-refractivity contribution in [3.8, 4) is 5.75 Å². The van der Waals surface area contributed by atoms with Crippen LogP contribution >= 0.6 is 0 Å². The molecular formula is C15H20N4O4.